The average molecular weight is 479 g/mol. The zero-order chi connectivity index (χ0) is 18.1. The number of hydrogen-bond acceptors (Lipinski definition) is 2. The lowest BCUT2D eigenvalue weighted by Gasteiger charge is -2.15. The van der Waals surface area contributed by atoms with E-state index in [-0.39, 0.29) is 41.8 Å². The average Bonchev–Trinajstić information content (AvgIpc) is 2.59. The fourth-order valence-corrected chi connectivity index (χ4v) is 2.18. The van der Waals surface area contributed by atoms with Gasteiger partial charge in [-0.15, -0.1) is 24.0 Å². The van der Waals surface area contributed by atoms with Crippen molar-refractivity contribution in [3.8, 4) is 5.75 Å². The highest BCUT2D eigenvalue weighted by molar-refractivity contribution is 14.0. The molecule has 2 N–H and O–H groups in total. The standard InChI is InChI=1S/C18H20F3N3O.HI/c1-2-22-18(23-11-13-7-4-3-5-8-13)24-12-14-15(19)9-6-10-16(14)25-17(20)21;/h3-10,17H,2,11-12H2,1H3,(H2,22,23,24);1H. The molecule has 0 atom stereocenters. The van der Waals surface area contributed by atoms with E-state index in [0.717, 1.165) is 5.56 Å². The van der Waals surface area contributed by atoms with Gasteiger partial charge in [-0.25, -0.2) is 9.38 Å². The minimum Gasteiger partial charge on any atom is -0.434 e. The summed E-state index contributed by atoms with van der Waals surface area (Å²) in [6.07, 6.45) is 0. The molecule has 8 heteroatoms. The molecule has 2 aromatic rings. The van der Waals surface area contributed by atoms with Gasteiger partial charge in [0, 0.05) is 18.7 Å². The molecule has 0 aliphatic rings. The fraction of sp³-hybridized carbons (Fsp3) is 0.278. The van der Waals surface area contributed by atoms with Crippen molar-refractivity contribution < 1.29 is 17.9 Å². The summed E-state index contributed by atoms with van der Waals surface area (Å²) in [5.41, 5.74) is 1.04. The van der Waals surface area contributed by atoms with Crippen LogP contribution in [0.25, 0.3) is 0 Å². The second kappa shape index (κ2) is 11.6. The molecule has 0 aliphatic carbocycles. The highest BCUT2D eigenvalue weighted by Crippen LogP contribution is 2.23. The van der Waals surface area contributed by atoms with E-state index >= 15 is 0 Å². The molecule has 2 aromatic carbocycles. The van der Waals surface area contributed by atoms with Crippen LogP contribution in [0, 0.1) is 5.82 Å². The van der Waals surface area contributed by atoms with Gasteiger partial charge in [-0.05, 0) is 24.6 Å². The summed E-state index contributed by atoms with van der Waals surface area (Å²) in [4.78, 5) is 4.40. The van der Waals surface area contributed by atoms with E-state index < -0.39 is 12.4 Å². The molecule has 0 saturated carbocycles. The van der Waals surface area contributed by atoms with Crippen molar-refractivity contribution in [2.75, 3.05) is 6.54 Å². The van der Waals surface area contributed by atoms with Crippen molar-refractivity contribution in [2.45, 2.75) is 26.6 Å². The van der Waals surface area contributed by atoms with E-state index in [1.54, 1.807) is 0 Å². The largest absolute Gasteiger partial charge is 0.434 e. The van der Waals surface area contributed by atoms with Crippen LogP contribution in [0.4, 0.5) is 13.2 Å². The normalized spacial score (nSPS) is 11.0. The smallest absolute Gasteiger partial charge is 0.387 e. The summed E-state index contributed by atoms with van der Waals surface area (Å²) < 4.78 is 43.3. The van der Waals surface area contributed by atoms with Gasteiger partial charge in [0.15, 0.2) is 5.96 Å². The van der Waals surface area contributed by atoms with E-state index in [9.17, 15) is 13.2 Å². The van der Waals surface area contributed by atoms with Gasteiger partial charge in [0.2, 0.25) is 0 Å². The minimum absolute atomic E-state index is 0. The SMILES string of the molecule is CCNC(=NCc1ccccc1)NCc1c(F)cccc1OC(F)F.I. The Bertz CT molecular complexity index is 699. The number of nitrogens with zero attached hydrogens (tertiary/aromatic N) is 1. The van der Waals surface area contributed by atoms with Crippen LogP contribution in [0.1, 0.15) is 18.1 Å². The van der Waals surface area contributed by atoms with Gasteiger partial charge >= 0.3 is 6.61 Å². The molecule has 0 aliphatic heterocycles. The first-order valence-electron chi connectivity index (χ1n) is 7.88. The number of guanidine groups is 1. The van der Waals surface area contributed by atoms with E-state index in [4.69, 9.17) is 0 Å². The summed E-state index contributed by atoms with van der Waals surface area (Å²) in [5, 5.41) is 5.97. The fourth-order valence-electron chi connectivity index (χ4n) is 2.18. The Labute approximate surface area is 167 Å². The van der Waals surface area contributed by atoms with Crippen molar-refractivity contribution in [2.24, 2.45) is 4.99 Å². The monoisotopic (exact) mass is 479 g/mol. The molecule has 0 fully saturated rings. The van der Waals surface area contributed by atoms with Crippen LogP contribution in [-0.2, 0) is 13.1 Å². The van der Waals surface area contributed by atoms with E-state index in [1.165, 1.54) is 18.2 Å². The second-order valence-corrected chi connectivity index (χ2v) is 5.13. The molecule has 0 saturated heterocycles. The van der Waals surface area contributed by atoms with Crippen LogP contribution >= 0.6 is 24.0 Å². The topological polar surface area (TPSA) is 45.7 Å². The lowest BCUT2D eigenvalue weighted by atomic mass is 10.2. The highest BCUT2D eigenvalue weighted by atomic mass is 127. The van der Waals surface area contributed by atoms with Crippen molar-refractivity contribution in [1.29, 1.82) is 0 Å². The van der Waals surface area contributed by atoms with Gasteiger partial charge in [0.1, 0.15) is 11.6 Å². The van der Waals surface area contributed by atoms with E-state index in [2.05, 4.69) is 20.4 Å². The predicted octanol–water partition coefficient (Wildman–Crippen LogP) is 4.30. The molecule has 0 amide bonds. The van der Waals surface area contributed by atoms with Crippen LogP contribution in [0.15, 0.2) is 53.5 Å². The first kappa shape index (κ1) is 22.1. The molecule has 142 valence electrons. The molecule has 0 spiro atoms. The first-order chi connectivity index (χ1) is 12.1. The van der Waals surface area contributed by atoms with Crippen LogP contribution in [0.5, 0.6) is 5.75 Å². The Morgan fingerprint density at radius 2 is 1.81 bits per heavy atom. The number of nitrogens with one attached hydrogen (secondary N) is 2. The molecule has 0 heterocycles. The first-order valence-corrected chi connectivity index (χ1v) is 7.88. The van der Waals surface area contributed by atoms with E-state index in [1.807, 2.05) is 37.3 Å². The third kappa shape index (κ3) is 7.11. The number of benzene rings is 2. The molecule has 2 rings (SSSR count). The maximum absolute atomic E-state index is 14.0. The number of hydrogen-bond donors (Lipinski definition) is 2. The van der Waals surface area contributed by atoms with Crippen LogP contribution in [0.3, 0.4) is 0 Å². The lowest BCUT2D eigenvalue weighted by Crippen LogP contribution is -2.37. The Kier molecular flexibility index (Phi) is 9.85. The highest BCUT2D eigenvalue weighted by Gasteiger charge is 2.14. The summed E-state index contributed by atoms with van der Waals surface area (Å²) >= 11 is 0. The van der Waals surface area contributed by atoms with Gasteiger partial charge in [0.05, 0.1) is 6.54 Å². The quantitative estimate of drug-likeness (QED) is 0.354. The Morgan fingerprint density at radius 1 is 1.08 bits per heavy atom. The van der Waals surface area contributed by atoms with Crippen LogP contribution < -0.4 is 15.4 Å². The van der Waals surface area contributed by atoms with Crippen LogP contribution in [0.2, 0.25) is 0 Å². The minimum atomic E-state index is -3.01. The second-order valence-electron chi connectivity index (χ2n) is 5.13. The summed E-state index contributed by atoms with van der Waals surface area (Å²) in [5.74, 6) is -0.358. The maximum Gasteiger partial charge on any atom is 0.387 e. The molecular formula is C18H21F3IN3O. The summed E-state index contributed by atoms with van der Waals surface area (Å²) in [7, 11) is 0. The zero-order valence-electron chi connectivity index (χ0n) is 14.2. The molecule has 0 radical (unpaired) electrons. The van der Waals surface area contributed by atoms with Gasteiger partial charge in [0.25, 0.3) is 0 Å². The Hall–Kier alpha value is -1.97. The van der Waals surface area contributed by atoms with Gasteiger partial charge in [-0.1, -0.05) is 36.4 Å². The third-order valence-electron chi connectivity index (χ3n) is 3.33. The number of rotatable bonds is 7. The molecule has 0 bridgehead atoms. The predicted molar refractivity (Wildman–Crippen MR) is 107 cm³/mol. The third-order valence-corrected chi connectivity index (χ3v) is 3.33. The molecule has 26 heavy (non-hydrogen) atoms. The number of alkyl halides is 2. The number of halogens is 4. The molecule has 4 nitrogen and oxygen atoms in total. The van der Waals surface area contributed by atoms with Crippen molar-refractivity contribution in [3.63, 3.8) is 0 Å². The summed E-state index contributed by atoms with van der Waals surface area (Å²) in [6.45, 7) is -0.101. The van der Waals surface area contributed by atoms with Crippen molar-refractivity contribution in [3.05, 3.63) is 65.5 Å². The van der Waals surface area contributed by atoms with Crippen LogP contribution in [-0.4, -0.2) is 19.1 Å². The Morgan fingerprint density at radius 3 is 2.46 bits per heavy atom. The molecule has 0 aromatic heterocycles. The zero-order valence-corrected chi connectivity index (χ0v) is 16.5. The molecule has 0 unspecified atom stereocenters. The van der Waals surface area contributed by atoms with Gasteiger partial charge in [-0.2, -0.15) is 8.78 Å². The maximum atomic E-state index is 14.0. The van der Waals surface area contributed by atoms with Gasteiger partial charge < -0.3 is 15.4 Å². The summed E-state index contributed by atoms with van der Waals surface area (Å²) in [6, 6.07) is 13.5. The molecular weight excluding hydrogens is 458 g/mol. The van der Waals surface area contributed by atoms with E-state index in [0.29, 0.717) is 19.0 Å². The van der Waals surface area contributed by atoms with Crippen molar-refractivity contribution >= 4 is 29.9 Å². The number of ether oxygens (including phenoxy) is 1. The number of aliphatic imine (C=N–C) groups is 1. The Balaban J connectivity index is 0.00000338. The van der Waals surface area contributed by atoms with Gasteiger partial charge in [-0.3, -0.25) is 0 Å². The lowest BCUT2D eigenvalue weighted by molar-refractivity contribution is -0.0506. The van der Waals surface area contributed by atoms with Crippen molar-refractivity contribution in [1.82, 2.24) is 10.6 Å².